The minimum absolute atomic E-state index is 0.283. The van der Waals surface area contributed by atoms with E-state index in [0.717, 1.165) is 5.56 Å². The highest BCUT2D eigenvalue weighted by Crippen LogP contribution is 2.33. The summed E-state index contributed by atoms with van der Waals surface area (Å²) < 4.78 is 5.13. The van der Waals surface area contributed by atoms with Gasteiger partial charge in [-0.1, -0.05) is 34.8 Å². The number of benzene rings is 2. The predicted molar refractivity (Wildman–Crippen MR) is 103 cm³/mol. The largest absolute Gasteiger partial charge is 0.497 e. The molecule has 0 saturated heterocycles. The average molecular weight is 412 g/mol. The van der Waals surface area contributed by atoms with Crippen molar-refractivity contribution in [3.8, 4) is 17.0 Å². The summed E-state index contributed by atoms with van der Waals surface area (Å²) in [7, 11) is 1.59. The van der Waals surface area contributed by atoms with Crippen LogP contribution in [0, 0.1) is 0 Å². The number of ether oxygens (including phenoxy) is 1. The molecular formula is C17H13Cl3N4O2. The molecule has 1 aromatic heterocycles. The lowest BCUT2D eigenvalue weighted by Gasteiger charge is -2.12. The Balaban J connectivity index is 1.78. The molecule has 6 nitrogen and oxygen atoms in total. The van der Waals surface area contributed by atoms with Gasteiger partial charge >= 0.3 is 0 Å². The van der Waals surface area contributed by atoms with E-state index in [1.807, 2.05) is 12.1 Å². The first-order valence-electron chi connectivity index (χ1n) is 7.38. The first-order chi connectivity index (χ1) is 12.5. The molecule has 0 aliphatic heterocycles. The molecule has 3 N–H and O–H groups in total. The first kappa shape index (κ1) is 18.4. The van der Waals surface area contributed by atoms with Crippen molar-refractivity contribution >= 4 is 46.4 Å². The molecule has 3 aromatic rings. The maximum absolute atomic E-state index is 12.5. The molecule has 26 heavy (non-hydrogen) atoms. The van der Waals surface area contributed by atoms with Gasteiger partial charge in [0.05, 0.1) is 40.3 Å². The topological polar surface area (TPSA) is 79.0 Å². The summed E-state index contributed by atoms with van der Waals surface area (Å²) in [6, 6.07) is 10.3. The second kappa shape index (κ2) is 7.86. The van der Waals surface area contributed by atoms with E-state index >= 15 is 0 Å². The van der Waals surface area contributed by atoms with Crippen LogP contribution in [-0.4, -0.2) is 23.2 Å². The molecule has 0 spiro atoms. The molecule has 0 unspecified atom stereocenters. The lowest BCUT2D eigenvalue weighted by Crippen LogP contribution is -2.29. The van der Waals surface area contributed by atoms with Crippen LogP contribution in [0.4, 0.5) is 5.69 Å². The zero-order valence-electron chi connectivity index (χ0n) is 13.4. The fourth-order valence-corrected chi connectivity index (χ4v) is 3.20. The van der Waals surface area contributed by atoms with Crippen molar-refractivity contribution in [1.29, 1.82) is 0 Å². The monoisotopic (exact) mass is 410 g/mol. The molecule has 134 valence electrons. The highest BCUT2D eigenvalue weighted by atomic mass is 35.5. The van der Waals surface area contributed by atoms with Gasteiger partial charge in [-0.05, 0) is 36.4 Å². The molecule has 3 rings (SSSR count). The smallest absolute Gasteiger partial charge is 0.273 e. The normalized spacial score (nSPS) is 10.5. The summed E-state index contributed by atoms with van der Waals surface area (Å²) in [6.07, 6.45) is 1.43. The van der Waals surface area contributed by atoms with E-state index in [9.17, 15) is 4.79 Å². The number of nitrogens with one attached hydrogen (secondary N) is 3. The fourth-order valence-electron chi connectivity index (χ4n) is 2.28. The Morgan fingerprint density at radius 1 is 1.12 bits per heavy atom. The van der Waals surface area contributed by atoms with Crippen LogP contribution in [-0.2, 0) is 0 Å². The molecule has 0 atom stereocenters. The standard InChI is InChI=1S/C17H13Cl3N4O2/c1-26-11-4-2-9(3-5-11)15-12(8-21-22-15)17(25)24-23-16-13(19)6-10(18)7-14(16)20/h2-8,23H,1H3,(H,21,22)(H,24,25). The van der Waals surface area contributed by atoms with E-state index in [0.29, 0.717) is 27.7 Å². The number of carbonyl (C=O) groups is 1. The number of hydrogen-bond acceptors (Lipinski definition) is 4. The van der Waals surface area contributed by atoms with E-state index in [1.165, 1.54) is 18.3 Å². The van der Waals surface area contributed by atoms with Crippen LogP contribution < -0.4 is 15.6 Å². The fraction of sp³-hybridized carbons (Fsp3) is 0.0588. The van der Waals surface area contributed by atoms with E-state index in [4.69, 9.17) is 39.5 Å². The Hall–Kier alpha value is -2.41. The van der Waals surface area contributed by atoms with Gasteiger partial charge in [0.15, 0.2) is 0 Å². The Morgan fingerprint density at radius 3 is 2.38 bits per heavy atom. The van der Waals surface area contributed by atoms with Gasteiger partial charge in [0.2, 0.25) is 0 Å². The van der Waals surface area contributed by atoms with Crippen LogP contribution in [0.15, 0.2) is 42.6 Å². The molecule has 0 aliphatic rings. The summed E-state index contributed by atoms with van der Waals surface area (Å²) in [5.41, 5.74) is 7.32. The van der Waals surface area contributed by atoms with E-state index < -0.39 is 5.91 Å². The van der Waals surface area contributed by atoms with Gasteiger partial charge in [-0.15, -0.1) is 0 Å². The third-order valence-electron chi connectivity index (χ3n) is 3.57. The van der Waals surface area contributed by atoms with Gasteiger partial charge in [-0.25, -0.2) is 0 Å². The minimum atomic E-state index is -0.411. The van der Waals surface area contributed by atoms with Crippen molar-refractivity contribution in [3.63, 3.8) is 0 Å². The highest BCUT2D eigenvalue weighted by Gasteiger charge is 2.16. The number of anilines is 1. The summed E-state index contributed by atoms with van der Waals surface area (Å²) in [4.78, 5) is 12.5. The van der Waals surface area contributed by atoms with E-state index in [1.54, 1.807) is 19.2 Å². The third kappa shape index (κ3) is 3.88. The molecular weight excluding hydrogens is 399 g/mol. The van der Waals surface area contributed by atoms with E-state index in [2.05, 4.69) is 21.0 Å². The summed E-state index contributed by atoms with van der Waals surface area (Å²) in [5.74, 6) is 0.305. The summed E-state index contributed by atoms with van der Waals surface area (Å²) in [6.45, 7) is 0. The molecule has 1 amide bonds. The lowest BCUT2D eigenvalue weighted by atomic mass is 10.1. The molecule has 2 aromatic carbocycles. The van der Waals surface area contributed by atoms with Crippen molar-refractivity contribution in [2.75, 3.05) is 12.5 Å². The Bertz CT molecular complexity index is 918. The van der Waals surface area contributed by atoms with Gasteiger partial charge < -0.3 is 4.74 Å². The number of halogens is 3. The van der Waals surface area contributed by atoms with Crippen LogP contribution in [0.25, 0.3) is 11.3 Å². The van der Waals surface area contributed by atoms with Gasteiger partial charge in [-0.2, -0.15) is 5.10 Å². The molecule has 9 heteroatoms. The van der Waals surface area contributed by atoms with Crippen LogP contribution >= 0.6 is 34.8 Å². The molecule has 1 heterocycles. The Labute approximate surface area is 164 Å². The molecule has 0 fully saturated rings. The lowest BCUT2D eigenvalue weighted by molar-refractivity contribution is 0.0963. The van der Waals surface area contributed by atoms with Gasteiger partial charge in [0.25, 0.3) is 5.91 Å². The molecule has 0 bridgehead atoms. The van der Waals surface area contributed by atoms with Crippen molar-refractivity contribution in [3.05, 3.63) is 63.2 Å². The number of amides is 1. The predicted octanol–water partition coefficient (Wildman–Crippen LogP) is 4.80. The minimum Gasteiger partial charge on any atom is -0.497 e. The number of methoxy groups -OCH3 is 1. The van der Waals surface area contributed by atoms with Crippen LogP contribution in [0.1, 0.15) is 10.4 Å². The third-order valence-corrected chi connectivity index (χ3v) is 4.38. The average Bonchev–Trinajstić information content (AvgIpc) is 3.10. The number of nitrogens with zero attached hydrogens (tertiary/aromatic N) is 1. The molecule has 0 radical (unpaired) electrons. The number of aromatic nitrogens is 2. The maximum atomic E-state index is 12.5. The zero-order valence-corrected chi connectivity index (χ0v) is 15.7. The number of hydrogen-bond donors (Lipinski definition) is 3. The summed E-state index contributed by atoms with van der Waals surface area (Å²) in [5, 5.41) is 7.73. The van der Waals surface area contributed by atoms with Gasteiger partial charge in [0.1, 0.15) is 5.75 Å². The Morgan fingerprint density at radius 2 is 1.77 bits per heavy atom. The number of aromatic amines is 1. The van der Waals surface area contributed by atoms with Crippen LogP contribution in [0.5, 0.6) is 5.75 Å². The molecule has 0 aliphatic carbocycles. The number of hydrazine groups is 1. The van der Waals surface area contributed by atoms with Crippen molar-refractivity contribution in [1.82, 2.24) is 15.6 Å². The number of rotatable bonds is 5. The number of carbonyl (C=O) groups excluding carboxylic acids is 1. The second-order valence-corrected chi connectivity index (χ2v) is 6.46. The van der Waals surface area contributed by atoms with Crippen molar-refractivity contribution < 1.29 is 9.53 Å². The quantitative estimate of drug-likeness (QED) is 0.527. The van der Waals surface area contributed by atoms with Crippen molar-refractivity contribution in [2.45, 2.75) is 0 Å². The molecule has 0 saturated carbocycles. The number of H-pyrrole nitrogens is 1. The summed E-state index contributed by atoms with van der Waals surface area (Å²) >= 11 is 18.0. The SMILES string of the molecule is COc1ccc(-c2[nH]ncc2C(=O)NNc2c(Cl)cc(Cl)cc2Cl)cc1. The van der Waals surface area contributed by atoms with Gasteiger partial charge in [-0.3, -0.25) is 20.7 Å². The van der Waals surface area contributed by atoms with E-state index in [-0.39, 0.29) is 10.0 Å². The second-order valence-electron chi connectivity index (χ2n) is 5.21. The zero-order chi connectivity index (χ0) is 18.7. The maximum Gasteiger partial charge on any atom is 0.273 e. The highest BCUT2D eigenvalue weighted by molar-refractivity contribution is 6.41. The van der Waals surface area contributed by atoms with Gasteiger partial charge in [0, 0.05) is 10.6 Å². The van der Waals surface area contributed by atoms with Crippen LogP contribution in [0.2, 0.25) is 15.1 Å². The van der Waals surface area contributed by atoms with Crippen molar-refractivity contribution in [2.24, 2.45) is 0 Å². The first-order valence-corrected chi connectivity index (χ1v) is 8.51. The van der Waals surface area contributed by atoms with Crippen LogP contribution in [0.3, 0.4) is 0 Å². The Kier molecular flexibility index (Phi) is 5.56.